The van der Waals surface area contributed by atoms with Gasteiger partial charge in [-0.2, -0.15) is 0 Å². The molecule has 0 saturated heterocycles. The second-order valence-corrected chi connectivity index (χ2v) is 4.15. The Labute approximate surface area is 91.0 Å². The zero-order valence-corrected chi connectivity index (χ0v) is 9.77. The van der Waals surface area contributed by atoms with Crippen LogP contribution in [0.3, 0.4) is 0 Å². The van der Waals surface area contributed by atoms with Gasteiger partial charge in [0.15, 0.2) is 0 Å². The molecule has 0 heterocycles. The molecule has 0 aromatic heterocycles. The van der Waals surface area contributed by atoms with E-state index in [4.69, 9.17) is 16.3 Å². The standard InChI is InChI=1S/C12H17ClO/c1-9-4-5-12(11(3)6-9)14-8-10(2)7-13/h4-6,10H,7-8H2,1-3H3. The molecule has 0 aliphatic heterocycles. The Balaban J connectivity index is 2.59. The van der Waals surface area contributed by atoms with E-state index in [0.717, 1.165) is 5.75 Å². The number of rotatable bonds is 4. The summed E-state index contributed by atoms with van der Waals surface area (Å²) in [4.78, 5) is 0. The highest BCUT2D eigenvalue weighted by Crippen LogP contribution is 2.19. The molecule has 0 spiro atoms. The highest BCUT2D eigenvalue weighted by atomic mass is 35.5. The molecule has 0 fully saturated rings. The lowest BCUT2D eigenvalue weighted by Gasteiger charge is -2.12. The third-order valence-electron chi connectivity index (χ3n) is 2.12. The molecule has 0 amide bonds. The van der Waals surface area contributed by atoms with Crippen LogP contribution in [-0.2, 0) is 0 Å². The zero-order valence-electron chi connectivity index (χ0n) is 9.01. The van der Waals surface area contributed by atoms with Gasteiger partial charge in [0.05, 0.1) is 6.61 Å². The summed E-state index contributed by atoms with van der Waals surface area (Å²) < 4.78 is 5.66. The van der Waals surface area contributed by atoms with E-state index >= 15 is 0 Å². The Kier molecular flexibility index (Phi) is 4.27. The first-order valence-electron chi connectivity index (χ1n) is 4.89. The minimum Gasteiger partial charge on any atom is -0.493 e. The largest absolute Gasteiger partial charge is 0.493 e. The molecule has 1 aromatic carbocycles. The molecule has 0 N–H and O–H groups in total. The van der Waals surface area contributed by atoms with E-state index in [9.17, 15) is 0 Å². The fourth-order valence-electron chi connectivity index (χ4n) is 1.24. The van der Waals surface area contributed by atoms with Crippen molar-refractivity contribution in [2.75, 3.05) is 12.5 Å². The monoisotopic (exact) mass is 212 g/mol. The van der Waals surface area contributed by atoms with Crippen molar-refractivity contribution in [2.24, 2.45) is 5.92 Å². The average Bonchev–Trinajstić information content (AvgIpc) is 2.16. The van der Waals surface area contributed by atoms with Gasteiger partial charge in [0.1, 0.15) is 5.75 Å². The summed E-state index contributed by atoms with van der Waals surface area (Å²) in [5.74, 6) is 2.01. The third-order valence-corrected chi connectivity index (χ3v) is 2.64. The molecule has 1 unspecified atom stereocenters. The molecule has 0 aliphatic carbocycles. The van der Waals surface area contributed by atoms with Gasteiger partial charge in [0.25, 0.3) is 0 Å². The van der Waals surface area contributed by atoms with Crippen LogP contribution in [-0.4, -0.2) is 12.5 Å². The Hall–Kier alpha value is -0.690. The molecule has 1 nitrogen and oxygen atoms in total. The van der Waals surface area contributed by atoms with Crippen molar-refractivity contribution >= 4 is 11.6 Å². The maximum absolute atomic E-state index is 5.70. The van der Waals surface area contributed by atoms with Gasteiger partial charge in [-0.25, -0.2) is 0 Å². The summed E-state index contributed by atoms with van der Waals surface area (Å²) in [6.07, 6.45) is 0. The van der Waals surface area contributed by atoms with Crippen molar-refractivity contribution in [3.8, 4) is 5.75 Å². The van der Waals surface area contributed by atoms with Crippen LogP contribution in [0, 0.1) is 19.8 Å². The summed E-state index contributed by atoms with van der Waals surface area (Å²) in [6.45, 7) is 6.91. The molecule has 78 valence electrons. The number of aryl methyl sites for hydroxylation is 2. The first-order chi connectivity index (χ1) is 6.63. The van der Waals surface area contributed by atoms with Gasteiger partial charge in [-0.05, 0) is 25.5 Å². The van der Waals surface area contributed by atoms with Crippen LogP contribution >= 0.6 is 11.6 Å². The smallest absolute Gasteiger partial charge is 0.122 e. The maximum Gasteiger partial charge on any atom is 0.122 e. The summed E-state index contributed by atoms with van der Waals surface area (Å²) in [5.41, 5.74) is 2.45. The predicted molar refractivity (Wildman–Crippen MR) is 61.3 cm³/mol. The van der Waals surface area contributed by atoms with E-state index in [-0.39, 0.29) is 0 Å². The molecule has 0 aliphatic rings. The highest BCUT2D eigenvalue weighted by molar-refractivity contribution is 6.18. The van der Waals surface area contributed by atoms with Crippen LogP contribution in [0.4, 0.5) is 0 Å². The topological polar surface area (TPSA) is 9.23 Å². The lowest BCUT2D eigenvalue weighted by molar-refractivity contribution is 0.271. The summed E-state index contributed by atoms with van der Waals surface area (Å²) >= 11 is 5.70. The molecule has 2 heteroatoms. The van der Waals surface area contributed by atoms with Gasteiger partial charge in [-0.1, -0.05) is 24.6 Å². The normalized spacial score (nSPS) is 12.6. The zero-order chi connectivity index (χ0) is 10.6. The number of ether oxygens (including phenoxy) is 1. The molecule has 1 rings (SSSR count). The van der Waals surface area contributed by atoms with Crippen LogP contribution < -0.4 is 4.74 Å². The Bertz CT molecular complexity index is 296. The third kappa shape index (κ3) is 3.22. The minimum absolute atomic E-state index is 0.400. The van der Waals surface area contributed by atoms with Gasteiger partial charge >= 0.3 is 0 Å². The number of benzene rings is 1. The van der Waals surface area contributed by atoms with Crippen molar-refractivity contribution in [1.82, 2.24) is 0 Å². The molecule has 14 heavy (non-hydrogen) atoms. The first kappa shape index (κ1) is 11.4. The summed E-state index contributed by atoms with van der Waals surface area (Å²) in [7, 11) is 0. The van der Waals surface area contributed by atoms with Gasteiger partial charge in [-0.3, -0.25) is 0 Å². The van der Waals surface area contributed by atoms with Crippen LogP contribution in [0.2, 0.25) is 0 Å². The van der Waals surface area contributed by atoms with Gasteiger partial charge in [0, 0.05) is 11.8 Å². The van der Waals surface area contributed by atoms with Crippen molar-refractivity contribution < 1.29 is 4.74 Å². The van der Waals surface area contributed by atoms with Crippen molar-refractivity contribution in [2.45, 2.75) is 20.8 Å². The second kappa shape index (κ2) is 5.26. The molecule has 0 saturated carbocycles. The van der Waals surface area contributed by atoms with Crippen molar-refractivity contribution in [3.05, 3.63) is 29.3 Å². The van der Waals surface area contributed by atoms with E-state index in [1.807, 2.05) is 6.07 Å². The Morgan fingerprint density at radius 3 is 2.64 bits per heavy atom. The van der Waals surface area contributed by atoms with Gasteiger partial charge < -0.3 is 4.74 Å². The van der Waals surface area contributed by atoms with Crippen LogP contribution in [0.1, 0.15) is 18.1 Å². The lowest BCUT2D eigenvalue weighted by Crippen LogP contribution is -2.10. The SMILES string of the molecule is Cc1ccc(OCC(C)CCl)c(C)c1. The molecule has 0 bridgehead atoms. The van der Waals surface area contributed by atoms with Crippen molar-refractivity contribution in [3.63, 3.8) is 0 Å². The van der Waals surface area contributed by atoms with E-state index in [1.54, 1.807) is 0 Å². The van der Waals surface area contributed by atoms with Gasteiger partial charge in [0.2, 0.25) is 0 Å². The first-order valence-corrected chi connectivity index (χ1v) is 5.43. The van der Waals surface area contributed by atoms with Gasteiger partial charge in [-0.15, -0.1) is 11.6 Å². The van der Waals surface area contributed by atoms with Crippen LogP contribution in [0.5, 0.6) is 5.75 Å². The number of alkyl halides is 1. The fraction of sp³-hybridized carbons (Fsp3) is 0.500. The van der Waals surface area contributed by atoms with E-state index < -0.39 is 0 Å². The van der Waals surface area contributed by atoms with Crippen LogP contribution in [0.25, 0.3) is 0 Å². The summed E-state index contributed by atoms with van der Waals surface area (Å²) in [5, 5.41) is 0. The van der Waals surface area contributed by atoms with E-state index in [2.05, 4.69) is 32.9 Å². The molecule has 0 radical (unpaired) electrons. The second-order valence-electron chi connectivity index (χ2n) is 3.84. The lowest BCUT2D eigenvalue weighted by atomic mass is 10.1. The fourth-order valence-corrected chi connectivity index (χ4v) is 1.33. The summed E-state index contributed by atoms with van der Waals surface area (Å²) in [6, 6.07) is 6.21. The molecular weight excluding hydrogens is 196 g/mol. The van der Waals surface area contributed by atoms with E-state index in [0.29, 0.717) is 18.4 Å². The average molecular weight is 213 g/mol. The molecule has 1 aromatic rings. The highest BCUT2D eigenvalue weighted by Gasteiger charge is 2.03. The number of halogens is 1. The Morgan fingerprint density at radius 1 is 1.36 bits per heavy atom. The minimum atomic E-state index is 0.400. The van der Waals surface area contributed by atoms with Crippen LogP contribution in [0.15, 0.2) is 18.2 Å². The van der Waals surface area contributed by atoms with E-state index in [1.165, 1.54) is 11.1 Å². The Morgan fingerprint density at radius 2 is 2.07 bits per heavy atom. The quantitative estimate of drug-likeness (QED) is 0.694. The number of hydrogen-bond acceptors (Lipinski definition) is 1. The maximum atomic E-state index is 5.70. The molecular formula is C12H17ClO. The predicted octanol–water partition coefficient (Wildman–Crippen LogP) is 3.56. The molecule has 1 atom stereocenters. The van der Waals surface area contributed by atoms with Crippen molar-refractivity contribution in [1.29, 1.82) is 0 Å². The number of hydrogen-bond donors (Lipinski definition) is 0.